The van der Waals surface area contributed by atoms with Gasteiger partial charge in [-0.1, -0.05) is 89.4 Å². The molecule has 0 N–H and O–H groups in total. The van der Waals surface area contributed by atoms with Crippen LogP contribution < -0.4 is 0 Å². The van der Waals surface area contributed by atoms with Crippen molar-refractivity contribution in [3.63, 3.8) is 0 Å². The predicted molar refractivity (Wildman–Crippen MR) is 183 cm³/mol. The number of hydrogen-bond donors (Lipinski definition) is 0. The van der Waals surface area contributed by atoms with Crippen molar-refractivity contribution in [2.75, 3.05) is 0 Å². The van der Waals surface area contributed by atoms with Crippen molar-refractivity contribution in [3.8, 4) is 17.1 Å². The molecule has 0 saturated heterocycles. The molecule has 0 fully saturated rings. The number of aromatic nitrogens is 6. The Morgan fingerprint density at radius 2 is 0.690 bits per heavy atom. The van der Waals surface area contributed by atoms with Crippen molar-refractivity contribution in [2.45, 2.75) is 4.30 Å². The fraction of sp³-hybridized carbons (Fsp3) is 0.0357. The van der Waals surface area contributed by atoms with Crippen molar-refractivity contribution < 1.29 is 0 Å². The van der Waals surface area contributed by atoms with Gasteiger partial charge in [0.15, 0.2) is 4.30 Å². The standard InChI is InChI=1S/C27H21BN6S3.CHCl3.Tl/c35-25-29(22-10-4-1-5-11-22)16-19-32(25)28(33-20-17-30(26(33)36)23-12-6-2-7-13-23)34-21-18-31(27(34)37)24-14-8-3-9-15-24;2-1(3)4;/h1-21H;1H;/q-1;;+1. The van der Waals surface area contributed by atoms with Gasteiger partial charge in [-0.2, -0.15) is 0 Å². The van der Waals surface area contributed by atoms with Crippen molar-refractivity contribution in [1.82, 2.24) is 27.1 Å². The molecular formula is C28H22BCl3N6S3Tl. The van der Waals surface area contributed by atoms with Gasteiger partial charge in [0.1, 0.15) is 14.3 Å². The van der Waals surface area contributed by atoms with Crippen LogP contribution in [-0.4, -0.2) is 65.8 Å². The topological polar surface area (TPSA) is 29.6 Å². The van der Waals surface area contributed by atoms with Crippen molar-refractivity contribution >= 4 is 106 Å². The Bertz CT molecular complexity index is 1690. The molecule has 0 saturated carbocycles. The van der Waals surface area contributed by atoms with Crippen LogP contribution in [-0.2, 0) is 0 Å². The van der Waals surface area contributed by atoms with E-state index in [0.717, 1.165) is 17.1 Å². The number of para-hydroxylation sites is 3. The van der Waals surface area contributed by atoms with Gasteiger partial charge in [0, 0.05) is 35.7 Å². The number of alkyl halides is 3. The molecule has 6 aromatic rings. The third kappa shape index (κ3) is 7.12. The summed E-state index contributed by atoms with van der Waals surface area (Å²) >= 11 is 32.4. The Balaban J connectivity index is 0.000000763. The van der Waals surface area contributed by atoms with E-state index in [0.29, 0.717) is 14.3 Å². The molecule has 6 rings (SSSR count). The van der Waals surface area contributed by atoms with E-state index < -0.39 is 11.4 Å². The Labute approximate surface area is 294 Å². The van der Waals surface area contributed by atoms with E-state index in [-0.39, 0.29) is 27.3 Å². The number of hydrogen-bond acceptors (Lipinski definition) is 3. The molecule has 0 amide bonds. The Morgan fingerprint density at radius 3 is 0.929 bits per heavy atom. The average Bonchev–Trinajstić information content (AvgIpc) is 3.68. The van der Waals surface area contributed by atoms with Crippen LogP contribution in [0.1, 0.15) is 0 Å². The van der Waals surface area contributed by atoms with Crippen LogP contribution >= 0.6 is 71.5 Å². The molecule has 14 heteroatoms. The molecule has 3 aromatic carbocycles. The van der Waals surface area contributed by atoms with Crippen molar-refractivity contribution in [2.24, 2.45) is 0 Å². The second-order valence-electron chi connectivity index (χ2n) is 8.67. The summed E-state index contributed by atoms with van der Waals surface area (Å²) in [5.41, 5.74) is 2.96. The van der Waals surface area contributed by atoms with E-state index in [4.69, 9.17) is 71.5 Å². The number of benzene rings is 3. The first-order chi connectivity index (χ1) is 19.9. The van der Waals surface area contributed by atoms with Crippen LogP contribution in [0.25, 0.3) is 17.1 Å². The molecule has 0 aliphatic rings. The summed E-state index contributed by atoms with van der Waals surface area (Å²) in [5, 5.41) is 0. The minimum Gasteiger partial charge on any atom is -0.483 e. The Hall–Kier alpha value is -2.19. The van der Waals surface area contributed by atoms with Crippen LogP contribution in [0, 0.1) is 14.3 Å². The summed E-state index contributed by atoms with van der Waals surface area (Å²) in [5.74, 6) is 0. The smallest absolute Gasteiger partial charge is 0.483 e. The van der Waals surface area contributed by atoms with Gasteiger partial charge in [0.2, 0.25) is 7.12 Å². The first-order valence-electron chi connectivity index (χ1n) is 12.3. The largest absolute Gasteiger partial charge is 1.00 e. The molecule has 0 spiro atoms. The molecule has 42 heavy (non-hydrogen) atoms. The van der Waals surface area contributed by atoms with Crippen LogP contribution in [0.2, 0.25) is 0 Å². The van der Waals surface area contributed by atoms with Gasteiger partial charge in [-0.15, -0.1) is 0 Å². The van der Waals surface area contributed by atoms with E-state index in [9.17, 15) is 0 Å². The van der Waals surface area contributed by atoms with E-state index in [1.165, 1.54) is 0 Å². The fourth-order valence-corrected chi connectivity index (χ4v) is 5.42. The zero-order valence-electron chi connectivity index (χ0n) is 21.9. The van der Waals surface area contributed by atoms with Crippen molar-refractivity contribution in [1.29, 1.82) is 0 Å². The number of halogens is 3. The first-order valence-corrected chi connectivity index (χ1v) is 14.9. The molecule has 6 nitrogen and oxygen atoms in total. The maximum Gasteiger partial charge on any atom is 1.00 e. The quantitative estimate of drug-likeness (QED) is 0.0963. The Kier molecular flexibility index (Phi) is 11.7. The van der Waals surface area contributed by atoms with Gasteiger partial charge >= 0.3 is 27.3 Å². The number of rotatable bonds is 6. The van der Waals surface area contributed by atoms with Crippen LogP contribution in [0.4, 0.5) is 0 Å². The molecule has 1 radical (unpaired) electrons. The Morgan fingerprint density at radius 1 is 0.452 bits per heavy atom. The zero-order chi connectivity index (χ0) is 28.9. The summed E-state index contributed by atoms with van der Waals surface area (Å²) in [4.78, 5) is 0. The van der Waals surface area contributed by atoms with Gasteiger partial charge in [-0.05, 0) is 91.6 Å². The normalized spacial score (nSPS) is 10.8. The molecule has 3 aromatic heterocycles. The summed E-state index contributed by atoms with van der Waals surface area (Å²) in [6.45, 7) is 0. The summed E-state index contributed by atoms with van der Waals surface area (Å²) in [6, 6.07) is 30.2. The summed E-state index contributed by atoms with van der Waals surface area (Å²) in [7, 11) is -0.451. The van der Waals surface area contributed by atoms with Crippen LogP contribution in [0.15, 0.2) is 128 Å². The molecule has 0 aliphatic carbocycles. The molecule has 0 bridgehead atoms. The minimum absolute atomic E-state index is 0. The second-order valence-corrected chi connectivity index (χ2v) is 11.7. The first kappa shape index (κ1) is 32.7. The maximum absolute atomic E-state index is 5.99. The average molecular weight is 860 g/mol. The van der Waals surface area contributed by atoms with Gasteiger partial charge in [0.05, 0.1) is 0 Å². The van der Waals surface area contributed by atoms with E-state index >= 15 is 0 Å². The molecule has 0 atom stereocenters. The monoisotopic (exact) mass is 859 g/mol. The van der Waals surface area contributed by atoms with Crippen LogP contribution in [0.3, 0.4) is 0 Å². The number of nitrogens with zero attached hydrogens (tertiary/aromatic N) is 6. The van der Waals surface area contributed by atoms with Gasteiger partial charge < -0.3 is 13.4 Å². The summed E-state index contributed by atoms with van der Waals surface area (Å²) < 4.78 is 13.1. The molecule has 0 unspecified atom stereocenters. The molecule has 209 valence electrons. The maximum atomic E-state index is 5.99. The van der Waals surface area contributed by atoms with Gasteiger partial charge in [0.25, 0.3) is 0 Å². The second kappa shape index (κ2) is 15.0. The summed E-state index contributed by atoms with van der Waals surface area (Å²) in [6.07, 6.45) is 11.8. The van der Waals surface area contributed by atoms with Crippen molar-refractivity contribution in [3.05, 3.63) is 142 Å². The van der Waals surface area contributed by atoms with Gasteiger partial charge in [-0.3, -0.25) is 13.7 Å². The minimum atomic E-state index is -0.750. The molecular weight excluding hydrogens is 838 g/mol. The molecule has 3 heterocycles. The third-order valence-electron chi connectivity index (χ3n) is 6.26. The van der Waals surface area contributed by atoms with Gasteiger partial charge in [-0.25, -0.2) is 0 Å². The van der Waals surface area contributed by atoms with E-state index in [2.05, 4.69) is 0 Å². The fourth-order valence-electron chi connectivity index (χ4n) is 4.46. The number of imidazole rings is 3. The molecule has 0 aliphatic heterocycles. The SMILES string of the molecule is ClC(Cl)Cl.S=c1n([B-](n2ccn(-c3ccccc3)c2=S)n2ccn(-c3ccccc3)c2=S)ccn1-c1ccccc1.[Tl+]. The third-order valence-corrected chi connectivity index (χ3v) is 7.48. The van der Waals surface area contributed by atoms with Crippen LogP contribution in [0.5, 0.6) is 0 Å². The van der Waals surface area contributed by atoms with E-state index in [1.54, 1.807) is 0 Å². The zero-order valence-corrected chi connectivity index (χ0v) is 31.1. The van der Waals surface area contributed by atoms with E-state index in [1.807, 2.05) is 155 Å². The predicted octanol–water partition coefficient (Wildman–Crippen LogP) is 8.19.